The number of halogens is 2. The van der Waals surface area contributed by atoms with E-state index < -0.39 is 10.8 Å². The molecule has 0 saturated heterocycles. The van der Waals surface area contributed by atoms with E-state index in [1.165, 1.54) is 30.4 Å². The largest absolute Gasteiger partial charge is 0.321 e. The molecule has 7 heteroatoms. The van der Waals surface area contributed by atoms with Crippen molar-refractivity contribution in [1.29, 1.82) is 0 Å². The van der Waals surface area contributed by atoms with Gasteiger partial charge < -0.3 is 5.32 Å². The number of hydrogen-bond donors (Lipinski definition) is 1. The van der Waals surface area contributed by atoms with Crippen LogP contribution in [0.5, 0.6) is 0 Å². The Kier molecular flexibility index (Phi) is 5.14. The standard InChI is InChI=1S/C15H10Cl2N2O3/c16-11-5-6-14(13(17)9-11)18-15(20)7-4-10-2-1-3-12(8-10)19(21)22/h1-9H,(H,18,20)/b7-4+. The first-order valence-corrected chi connectivity index (χ1v) is 6.90. The molecule has 0 saturated carbocycles. The normalized spacial score (nSPS) is 10.6. The highest BCUT2D eigenvalue weighted by atomic mass is 35.5. The van der Waals surface area contributed by atoms with E-state index in [0.717, 1.165) is 0 Å². The third-order valence-corrected chi connectivity index (χ3v) is 3.24. The molecule has 1 N–H and O–H groups in total. The zero-order chi connectivity index (χ0) is 16.1. The Hall–Kier alpha value is -2.37. The molecule has 0 aliphatic rings. The summed E-state index contributed by atoms with van der Waals surface area (Å²) in [6, 6.07) is 10.7. The Morgan fingerprint density at radius 2 is 1.95 bits per heavy atom. The van der Waals surface area contributed by atoms with Gasteiger partial charge in [-0.3, -0.25) is 14.9 Å². The number of hydrogen-bond acceptors (Lipinski definition) is 3. The van der Waals surface area contributed by atoms with Crippen molar-refractivity contribution in [2.45, 2.75) is 0 Å². The molecule has 0 bridgehead atoms. The number of non-ortho nitro benzene ring substituents is 1. The summed E-state index contributed by atoms with van der Waals surface area (Å²) >= 11 is 11.7. The van der Waals surface area contributed by atoms with Crippen LogP contribution in [0.25, 0.3) is 6.08 Å². The van der Waals surface area contributed by atoms with Gasteiger partial charge in [0.1, 0.15) is 0 Å². The number of nitro benzene ring substituents is 1. The molecule has 0 fully saturated rings. The van der Waals surface area contributed by atoms with Gasteiger partial charge in [-0.1, -0.05) is 35.3 Å². The van der Waals surface area contributed by atoms with Crippen LogP contribution in [0.3, 0.4) is 0 Å². The van der Waals surface area contributed by atoms with Crippen LogP contribution in [0, 0.1) is 10.1 Å². The number of benzene rings is 2. The second kappa shape index (κ2) is 7.06. The summed E-state index contributed by atoms with van der Waals surface area (Å²) in [6.45, 7) is 0. The van der Waals surface area contributed by atoms with Crippen LogP contribution in [0.1, 0.15) is 5.56 Å². The minimum atomic E-state index is -0.495. The van der Waals surface area contributed by atoms with Crippen molar-refractivity contribution in [3.05, 3.63) is 74.3 Å². The minimum Gasteiger partial charge on any atom is -0.321 e. The Balaban J connectivity index is 2.08. The lowest BCUT2D eigenvalue weighted by Crippen LogP contribution is -2.08. The molecule has 0 aromatic heterocycles. The highest BCUT2D eigenvalue weighted by molar-refractivity contribution is 6.36. The van der Waals surface area contributed by atoms with Gasteiger partial charge in [-0.05, 0) is 29.8 Å². The van der Waals surface area contributed by atoms with Gasteiger partial charge in [-0.25, -0.2) is 0 Å². The van der Waals surface area contributed by atoms with Gasteiger partial charge >= 0.3 is 0 Å². The number of carbonyl (C=O) groups excluding carboxylic acids is 1. The molecule has 2 aromatic carbocycles. The number of anilines is 1. The van der Waals surface area contributed by atoms with E-state index in [2.05, 4.69) is 5.32 Å². The van der Waals surface area contributed by atoms with Crippen molar-refractivity contribution in [2.24, 2.45) is 0 Å². The molecule has 0 radical (unpaired) electrons. The monoisotopic (exact) mass is 336 g/mol. The van der Waals surface area contributed by atoms with E-state index in [9.17, 15) is 14.9 Å². The second-order valence-electron chi connectivity index (χ2n) is 4.30. The maximum atomic E-state index is 11.8. The first-order valence-electron chi connectivity index (χ1n) is 6.14. The molecular weight excluding hydrogens is 327 g/mol. The van der Waals surface area contributed by atoms with Gasteiger partial charge in [0.2, 0.25) is 5.91 Å². The van der Waals surface area contributed by atoms with Gasteiger partial charge in [-0.2, -0.15) is 0 Å². The molecule has 0 aliphatic carbocycles. The Labute approximate surface area is 136 Å². The van der Waals surface area contributed by atoms with Crippen LogP contribution in [0.15, 0.2) is 48.5 Å². The lowest BCUT2D eigenvalue weighted by atomic mass is 10.2. The second-order valence-corrected chi connectivity index (χ2v) is 5.14. The number of carbonyl (C=O) groups is 1. The van der Waals surface area contributed by atoms with E-state index in [4.69, 9.17) is 23.2 Å². The summed E-state index contributed by atoms with van der Waals surface area (Å²) in [5.74, 6) is -0.407. The third kappa shape index (κ3) is 4.31. The Bertz CT molecular complexity index is 760. The average Bonchev–Trinajstić information content (AvgIpc) is 2.48. The summed E-state index contributed by atoms with van der Waals surface area (Å²) in [4.78, 5) is 22.0. The lowest BCUT2D eigenvalue weighted by molar-refractivity contribution is -0.384. The fourth-order valence-electron chi connectivity index (χ4n) is 1.68. The van der Waals surface area contributed by atoms with E-state index in [-0.39, 0.29) is 5.69 Å². The molecule has 2 rings (SSSR count). The number of nitrogens with one attached hydrogen (secondary N) is 1. The van der Waals surface area contributed by atoms with E-state index >= 15 is 0 Å². The summed E-state index contributed by atoms with van der Waals surface area (Å²) in [5.41, 5.74) is 0.939. The molecule has 1 amide bonds. The predicted molar refractivity (Wildman–Crippen MR) is 87.2 cm³/mol. The molecule has 2 aromatic rings. The van der Waals surface area contributed by atoms with Crippen molar-refractivity contribution in [1.82, 2.24) is 0 Å². The van der Waals surface area contributed by atoms with Gasteiger partial charge in [-0.15, -0.1) is 0 Å². The fourth-order valence-corrected chi connectivity index (χ4v) is 2.13. The van der Waals surface area contributed by atoms with Crippen LogP contribution < -0.4 is 5.32 Å². The summed E-state index contributed by atoms with van der Waals surface area (Å²) < 4.78 is 0. The molecule has 0 heterocycles. The maximum Gasteiger partial charge on any atom is 0.270 e. The highest BCUT2D eigenvalue weighted by Gasteiger charge is 2.05. The summed E-state index contributed by atoms with van der Waals surface area (Å²) in [5, 5.41) is 14.1. The molecule has 0 unspecified atom stereocenters. The van der Waals surface area contributed by atoms with Crippen molar-refractivity contribution in [3.63, 3.8) is 0 Å². The van der Waals surface area contributed by atoms with Crippen molar-refractivity contribution in [3.8, 4) is 0 Å². The van der Waals surface area contributed by atoms with Crippen LogP contribution in [0.2, 0.25) is 10.0 Å². The zero-order valence-corrected chi connectivity index (χ0v) is 12.6. The topological polar surface area (TPSA) is 72.2 Å². The Morgan fingerprint density at radius 1 is 1.18 bits per heavy atom. The lowest BCUT2D eigenvalue weighted by Gasteiger charge is -2.04. The first-order chi connectivity index (χ1) is 10.5. The van der Waals surface area contributed by atoms with Crippen LogP contribution in [-0.4, -0.2) is 10.8 Å². The molecule has 112 valence electrons. The molecule has 22 heavy (non-hydrogen) atoms. The van der Waals surface area contributed by atoms with Gasteiger partial charge in [0.05, 0.1) is 15.6 Å². The summed E-state index contributed by atoms with van der Waals surface area (Å²) in [7, 11) is 0. The number of amides is 1. The van der Waals surface area contributed by atoms with Crippen molar-refractivity contribution >= 4 is 46.6 Å². The van der Waals surface area contributed by atoms with Crippen LogP contribution in [0.4, 0.5) is 11.4 Å². The van der Waals surface area contributed by atoms with Gasteiger partial charge in [0.15, 0.2) is 0 Å². The molecule has 0 atom stereocenters. The smallest absolute Gasteiger partial charge is 0.270 e. The molecule has 0 spiro atoms. The Morgan fingerprint density at radius 3 is 2.64 bits per heavy atom. The zero-order valence-electron chi connectivity index (χ0n) is 11.1. The van der Waals surface area contributed by atoms with Crippen molar-refractivity contribution < 1.29 is 9.72 Å². The van der Waals surface area contributed by atoms with Gasteiger partial charge in [0, 0.05) is 23.2 Å². The molecule has 5 nitrogen and oxygen atoms in total. The quantitative estimate of drug-likeness (QED) is 0.505. The van der Waals surface area contributed by atoms with E-state index in [0.29, 0.717) is 21.3 Å². The highest BCUT2D eigenvalue weighted by Crippen LogP contribution is 2.25. The predicted octanol–water partition coefficient (Wildman–Crippen LogP) is 4.55. The third-order valence-electron chi connectivity index (χ3n) is 2.70. The SMILES string of the molecule is O=C(/C=C/c1cccc([N+](=O)[O-])c1)Nc1ccc(Cl)cc1Cl. The fraction of sp³-hybridized carbons (Fsp3) is 0. The van der Waals surface area contributed by atoms with E-state index in [1.807, 2.05) is 0 Å². The van der Waals surface area contributed by atoms with Crippen molar-refractivity contribution in [2.75, 3.05) is 5.32 Å². The number of rotatable bonds is 4. The molecule has 0 aliphatic heterocycles. The average molecular weight is 337 g/mol. The van der Waals surface area contributed by atoms with Gasteiger partial charge in [0.25, 0.3) is 5.69 Å². The summed E-state index contributed by atoms with van der Waals surface area (Å²) in [6.07, 6.45) is 2.75. The van der Waals surface area contributed by atoms with Crippen LogP contribution >= 0.6 is 23.2 Å². The maximum absolute atomic E-state index is 11.8. The number of nitro groups is 1. The minimum absolute atomic E-state index is 0.0386. The first kappa shape index (κ1) is 16.0. The van der Waals surface area contributed by atoms with E-state index in [1.54, 1.807) is 24.3 Å². The number of nitrogens with zero attached hydrogens (tertiary/aromatic N) is 1. The van der Waals surface area contributed by atoms with Crippen LogP contribution in [-0.2, 0) is 4.79 Å². The molecular formula is C15H10Cl2N2O3.